The summed E-state index contributed by atoms with van der Waals surface area (Å²) in [5.41, 5.74) is 0.0438. The van der Waals surface area contributed by atoms with Crippen molar-refractivity contribution >= 4 is 17.7 Å². The normalized spacial score (nSPS) is 34.0. The number of halogens is 4. The summed E-state index contributed by atoms with van der Waals surface area (Å²) in [5, 5.41) is 8.96. The van der Waals surface area contributed by atoms with Crippen molar-refractivity contribution in [3.63, 3.8) is 0 Å². The third kappa shape index (κ3) is 2.49. The number of fused-ring (bicyclic) bond motifs is 2. The number of carboxylic acid groups (broad SMARTS) is 1. The Balaban J connectivity index is 1.45. The Morgan fingerprint density at radius 1 is 1.21 bits per heavy atom. The van der Waals surface area contributed by atoms with Crippen molar-refractivity contribution in [1.29, 1.82) is 0 Å². The number of aromatic nitrogens is 2. The van der Waals surface area contributed by atoms with E-state index in [1.54, 1.807) is 0 Å². The van der Waals surface area contributed by atoms with Crippen LogP contribution in [-0.2, 0) is 17.1 Å². The maximum absolute atomic E-state index is 14.4. The average Bonchev–Trinajstić information content (AvgIpc) is 2.96. The molecule has 3 heterocycles. The van der Waals surface area contributed by atoms with Crippen LogP contribution in [0.3, 0.4) is 0 Å². The van der Waals surface area contributed by atoms with Crippen molar-refractivity contribution < 1.29 is 27.5 Å². The Kier molecular flexibility index (Phi) is 3.51. The molecule has 2 saturated heterocycles. The highest BCUT2D eigenvalue weighted by atomic mass is 19.3. The van der Waals surface area contributed by atoms with Crippen LogP contribution >= 0.6 is 0 Å². The topological polar surface area (TPSA) is 69.6 Å². The van der Waals surface area contributed by atoms with Gasteiger partial charge in [-0.2, -0.15) is 13.8 Å². The SMILES string of the molecule is CC1N(c2nc(N3C[C@@H]4[C@@H](CC(=O)O)[C@@H]4C3)c3c(n2)C(F)(F)CC3)CC1(F)F. The second-order valence-electron chi connectivity index (χ2n) is 8.44. The largest absolute Gasteiger partial charge is 0.481 e. The van der Waals surface area contributed by atoms with Crippen LogP contribution in [-0.4, -0.2) is 52.6 Å². The fourth-order valence-electron chi connectivity index (χ4n) is 4.97. The molecule has 28 heavy (non-hydrogen) atoms. The van der Waals surface area contributed by atoms with Crippen LogP contribution in [0.5, 0.6) is 0 Å². The fraction of sp³-hybridized carbons (Fsp3) is 0.722. The van der Waals surface area contributed by atoms with Crippen LogP contribution in [0.2, 0.25) is 0 Å². The number of aliphatic carboxylic acids is 1. The number of alkyl halides is 4. The first-order valence-electron chi connectivity index (χ1n) is 9.49. The highest BCUT2D eigenvalue weighted by molar-refractivity contribution is 5.68. The van der Waals surface area contributed by atoms with Gasteiger partial charge in [0.05, 0.1) is 12.6 Å². The molecule has 0 aromatic carbocycles. The average molecular weight is 400 g/mol. The van der Waals surface area contributed by atoms with Gasteiger partial charge in [-0.25, -0.2) is 13.8 Å². The first kappa shape index (κ1) is 17.9. The van der Waals surface area contributed by atoms with Crippen molar-refractivity contribution in [2.45, 2.75) is 44.1 Å². The zero-order valence-electron chi connectivity index (χ0n) is 15.2. The number of piperidine rings is 1. The molecule has 6 nitrogen and oxygen atoms in total. The molecule has 4 atom stereocenters. The monoisotopic (exact) mass is 400 g/mol. The summed E-state index contributed by atoms with van der Waals surface area (Å²) in [6, 6.07) is -1.14. The Bertz CT molecular complexity index is 852. The van der Waals surface area contributed by atoms with E-state index in [0.29, 0.717) is 24.5 Å². The highest BCUT2D eigenvalue weighted by Gasteiger charge is 2.58. The van der Waals surface area contributed by atoms with Crippen LogP contribution in [0.15, 0.2) is 0 Å². The molecule has 0 spiro atoms. The van der Waals surface area contributed by atoms with Gasteiger partial charge in [0.15, 0.2) is 0 Å². The Hall–Kier alpha value is -2.13. The third-order valence-corrected chi connectivity index (χ3v) is 6.81. The van der Waals surface area contributed by atoms with Gasteiger partial charge in [0.1, 0.15) is 11.5 Å². The van der Waals surface area contributed by atoms with Crippen molar-refractivity contribution in [3.05, 3.63) is 11.3 Å². The van der Waals surface area contributed by atoms with Crippen LogP contribution in [0.4, 0.5) is 29.3 Å². The van der Waals surface area contributed by atoms with Crippen LogP contribution < -0.4 is 9.80 Å². The van der Waals surface area contributed by atoms with E-state index in [2.05, 4.69) is 9.97 Å². The Morgan fingerprint density at radius 2 is 1.89 bits per heavy atom. The summed E-state index contributed by atoms with van der Waals surface area (Å²) >= 11 is 0. The van der Waals surface area contributed by atoms with E-state index in [1.165, 1.54) is 11.8 Å². The lowest BCUT2D eigenvalue weighted by Crippen LogP contribution is -2.64. The Labute approximate surface area is 158 Å². The van der Waals surface area contributed by atoms with E-state index in [9.17, 15) is 22.4 Å². The first-order valence-corrected chi connectivity index (χ1v) is 9.49. The van der Waals surface area contributed by atoms with Gasteiger partial charge in [0.2, 0.25) is 5.95 Å². The molecular weight excluding hydrogens is 380 g/mol. The summed E-state index contributed by atoms with van der Waals surface area (Å²) in [6.45, 7) is 1.87. The van der Waals surface area contributed by atoms with E-state index in [0.717, 1.165) is 0 Å². The van der Waals surface area contributed by atoms with Gasteiger partial charge in [-0.05, 0) is 31.1 Å². The molecule has 1 aromatic rings. The van der Waals surface area contributed by atoms with E-state index < -0.39 is 30.4 Å². The lowest BCUT2D eigenvalue weighted by atomic mass is 10.0. The molecule has 5 rings (SSSR count). The van der Waals surface area contributed by atoms with E-state index >= 15 is 0 Å². The van der Waals surface area contributed by atoms with Gasteiger partial charge in [-0.15, -0.1) is 0 Å². The molecule has 2 aliphatic carbocycles. The second kappa shape index (κ2) is 5.48. The number of hydrogen-bond donors (Lipinski definition) is 1. The van der Waals surface area contributed by atoms with E-state index in [4.69, 9.17) is 5.11 Å². The number of rotatable bonds is 4. The second-order valence-corrected chi connectivity index (χ2v) is 8.44. The van der Waals surface area contributed by atoms with Gasteiger partial charge in [-0.1, -0.05) is 0 Å². The molecule has 1 N–H and O–H groups in total. The van der Waals surface area contributed by atoms with Gasteiger partial charge in [0.25, 0.3) is 11.8 Å². The maximum atomic E-state index is 14.4. The molecule has 1 saturated carbocycles. The molecule has 0 amide bonds. The molecule has 10 heteroatoms. The first-order chi connectivity index (χ1) is 13.1. The predicted molar refractivity (Wildman–Crippen MR) is 90.9 cm³/mol. The quantitative estimate of drug-likeness (QED) is 0.784. The highest BCUT2D eigenvalue weighted by Crippen LogP contribution is 2.55. The van der Waals surface area contributed by atoms with Crippen molar-refractivity contribution in [2.75, 3.05) is 29.4 Å². The van der Waals surface area contributed by atoms with Crippen molar-refractivity contribution in [1.82, 2.24) is 9.97 Å². The van der Waals surface area contributed by atoms with Crippen LogP contribution in [0, 0.1) is 17.8 Å². The van der Waals surface area contributed by atoms with Gasteiger partial charge in [0, 0.05) is 31.5 Å². The molecule has 0 bridgehead atoms. The predicted octanol–water partition coefficient (Wildman–Crippen LogP) is 2.52. The zero-order chi connectivity index (χ0) is 20.0. The summed E-state index contributed by atoms with van der Waals surface area (Å²) < 4.78 is 55.9. The number of hydrogen-bond acceptors (Lipinski definition) is 5. The van der Waals surface area contributed by atoms with Gasteiger partial charge >= 0.3 is 5.97 Å². The number of carboxylic acids is 1. The zero-order valence-corrected chi connectivity index (χ0v) is 15.2. The molecule has 1 unspecified atom stereocenters. The minimum absolute atomic E-state index is 0.0728. The number of nitrogens with zero attached hydrogens (tertiary/aromatic N) is 4. The molecule has 1 aromatic heterocycles. The maximum Gasteiger partial charge on any atom is 0.303 e. The summed E-state index contributed by atoms with van der Waals surface area (Å²) in [5.74, 6) is -5.91. The molecule has 2 aliphatic heterocycles. The molecule has 152 valence electrons. The van der Waals surface area contributed by atoms with Crippen LogP contribution in [0.25, 0.3) is 0 Å². The molecule has 3 fully saturated rings. The minimum Gasteiger partial charge on any atom is -0.481 e. The standard InChI is InChI=1S/C18H20F4N4O2/c1-8-18(21,22)7-26(8)16-23-14-9(2-3-17(14,19)20)15(24-16)25-5-11-10(4-13(27)28)12(11)6-25/h8,10-12H,2-7H2,1H3,(H,27,28)/t8?,10-,11-,12+. The Morgan fingerprint density at radius 3 is 2.46 bits per heavy atom. The minimum atomic E-state index is -3.09. The smallest absolute Gasteiger partial charge is 0.303 e. The van der Waals surface area contributed by atoms with Crippen molar-refractivity contribution in [3.8, 4) is 0 Å². The van der Waals surface area contributed by atoms with E-state index in [-0.39, 0.29) is 48.7 Å². The fourth-order valence-corrected chi connectivity index (χ4v) is 4.97. The molecular formula is C18H20F4N4O2. The summed E-state index contributed by atoms with van der Waals surface area (Å²) in [6.07, 6.45) is -0.0929. The van der Waals surface area contributed by atoms with Gasteiger partial charge in [-0.3, -0.25) is 4.79 Å². The molecule has 0 radical (unpaired) electrons. The van der Waals surface area contributed by atoms with Crippen molar-refractivity contribution in [2.24, 2.45) is 17.8 Å². The van der Waals surface area contributed by atoms with E-state index in [1.807, 2.05) is 4.90 Å². The number of anilines is 2. The molecule has 4 aliphatic rings. The van der Waals surface area contributed by atoms with Crippen LogP contribution in [0.1, 0.15) is 31.0 Å². The third-order valence-electron chi connectivity index (χ3n) is 6.81. The van der Waals surface area contributed by atoms with Gasteiger partial charge < -0.3 is 14.9 Å². The summed E-state index contributed by atoms with van der Waals surface area (Å²) in [4.78, 5) is 22.5. The lowest BCUT2D eigenvalue weighted by molar-refractivity contribution is -0.137. The summed E-state index contributed by atoms with van der Waals surface area (Å²) in [7, 11) is 0. The number of carbonyl (C=O) groups is 1. The lowest BCUT2D eigenvalue weighted by Gasteiger charge is -2.46.